The highest BCUT2D eigenvalue weighted by atomic mass is 32.1. The molecule has 0 bridgehead atoms. The van der Waals surface area contributed by atoms with Crippen LogP contribution in [0.2, 0.25) is 0 Å². The minimum atomic E-state index is -0.399. The number of carbonyl (C=O) groups is 1. The van der Waals surface area contributed by atoms with Crippen molar-refractivity contribution in [3.05, 3.63) is 46.8 Å². The second kappa shape index (κ2) is 7.28. The average molecular weight is 362 g/mol. The van der Waals surface area contributed by atoms with E-state index in [2.05, 4.69) is 10.1 Å². The van der Waals surface area contributed by atoms with Gasteiger partial charge < -0.3 is 9.30 Å². The molecule has 0 saturated carbocycles. The number of para-hydroxylation sites is 1. The van der Waals surface area contributed by atoms with E-state index in [9.17, 15) is 9.18 Å². The van der Waals surface area contributed by atoms with Crippen LogP contribution < -0.4 is 4.80 Å². The summed E-state index contributed by atoms with van der Waals surface area (Å²) in [5.74, 6) is -0.740. The van der Waals surface area contributed by atoms with Crippen molar-refractivity contribution in [3.8, 4) is 0 Å². The van der Waals surface area contributed by atoms with E-state index in [0.717, 1.165) is 4.70 Å². The molecule has 3 rings (SSSR count). The van der Waals surface area contributed by atoms with Crippen molar-refractivity contribution in [1.82, 2.24) is 14.3 Å². The maximum atomic E-state index is 14.3. The van der Waals surface area contributed by atoms with Gasteiger partial charge in [0.2, 0.25) is 0 Å². The number of fused-ring (bicyclic) bond motifs is 1. The molecular formula is C17H19FN4O2S. The van der Waals surface area contributed by atoms with Gasteiger partial charge in [-0.3, -0.25) is 9.48 Å². The van der Waals surface area contributed by atoms with Crippen molar-refractivity contribution < 1.29 is 13.9 Å². The first-order valence-electron chi connectivity index (χ1n) is 7.92. The van der Waals surface area contributed by atoms with Crippen LogP contribution in [0.15, 0.2) is 35.5 Å². The van der Waals surface area contributed by atoms with E-state index in [1.165, 1.54) is 17.4 Å². The maximum absolute atomic E-state index is 14.3. The molecule has 2 aromatic heterocycles. The lowest BCUT2D eigenvalue weighted by Crippen LogP contribution is -2.21. The standard InChI is InChI=1S/C17H19FN4O2S/c1-11(2)22-13(7-8-19-22)16(23)20-17-21(9-10-24-3)15-12(18)5-4-6-14(15)25-17/h4-8,11H,9-10H2,1-3H3. The second-order valence-corrected chi connectivity index (χ2v) is 6.80. The number of ether oxygens (including phenoxy) is 1. The summed E-state index contributed by atoms with van der Waals surface area (Å²) in [4.78, 5) is 17.3. The maximum Gasteiger partial charge on any atom is 0.297 e. The Morgan fingerprint density at radius 1 is 1.40 bits per heavy atom. The molecule has 0 spiro atoms. The lowest BCUT2D eigenvalue weighted by atomic mass is 10.3. The van der Waals surface area contributed by atoms with E-state index in [0.29, 0.717) is 29.2 Å². The Bertz CT molecular complexity index is 971. The van der Waals surface area contributed by atoms with Gasteiger partial charge in [0, 0.05) is 25.9 Å². The van der Waals surface area contributed by atoms with Gasteiger partial charge in [-0.25, -0.2) is 4.39 Å². The zero-order valence-corrected chi connectivity index (χ0v) is 15.1. The van der Waals surface area contributed by atoms with Crippen LogP contribution in [-0.4, -0.2) is 34.0 Å². The Morgan fingerprint density at radius 2 is 2.20 bits per heavy atom. The number of hydrogen-bond donors (Lipinski definition) is 0. The van der Waals surface area contributed by atoms with Gasteiger partial charge in [-0.1, -0.05) is 17.4 Å². The highest BCUT2D eigenvalue weighted by Crippen LogP contribution is 2.20. The first-order chi connectivity index (χ1) is 12.0. The first-order valence-corrected chi connectivity index (χ1v) is 8.74. The number of hydrogen-bond acceptors (Lipinski definition) is 4. The molecule has 0 aliphatic carbocycles. The Morgan fingerprint density at radius 3 is 2.92 bits per heavy atom. The molecule has 0 aliphatic heterocycles. The average Bonchev–Trinajstić information content (AvgIpc) is 3.18. The van der Waals surface area contributed by atoms with Gasteiger partial charge in [-0.05, 0) is 32.0 Å². The SMILES string of the molecule is COCCn1c(=NC(=O)c2ccnn2C(C)C)sc2cccc(F)c21. The molecule has 0 radical (unpaired) electrons. The van der Waals surface area contributed by atoms with Crippen LogP contribution >= 0.6 is 11.3 Å². The molecule has 132 valence electrons. The molecule has 8 heteroatoms. The van der Waals surface area contributed by atoms with Gasteiger partial charge in [-0.2, -0.15) is 10.1 Å². The molecule has 1 amide bonds. The summed E-state index contributed by atoms with van der Waals surface area (Å²) in [6, 6.07) is 6.55. The number of aromatic nitrogens is 3. The smallest absolute Gasteiger partial charge is 0.297 e. The fraction of sp³-hybridized carbons (Fsp3) is 0.353. The summed E-state index contributed by atoms with van der Waals surface area (Å²) in [5.41, 5.74) is 0.847. The summed E-state index contributed by atoms with van der Waals surface area (Å²) in [7, 11) is 1.58. The topological polar surface area (TPSA) is 61.4 Å². The van der Waals surface area contributed by atoms with Crippen LogP contribution in [0.4, 0.5) is 4.39 Å². The van der Waals surface area contributed by atoms with Crippen molar-refractivity contribution in [1.29, 1.82) is 0 Å². The quantitative estimate of drug-likeness (QED) is 0.701. The van der Waals surface area contributed by atoms with E-state index in [1.54, 1.807) is 34.7 Å². The summed E-state index contributed by atoms with van der Waals surface area (Å²) in [5, 5.41) is 4.16. The molecule has 0 atom stereocenters. The molecule has 1 aromatic carbocycles. The lowest BCUT2D eigenvalue weighted by Gasteiger charge is -2.08. The third kappa shape index (κ3) is 3.40. The highest BCUT2D eigenvalue weighted by Gasteiger charge is 2.16. The van der Waals surface area contributed by atoms with E-state index in [-0.39, 0.29) is 11.9 Å². The van der Waals surface area contributed by atoms with Crippen LogP contribution in [-0.2, 0) is 11.3 Å². The van der Waals surface area contributed by atoms with Gasteiger partial charge in [0.1, 0.15) is 11.5 Å². The van der Waals surface area contributed by atoms with Crippen molar-refractivity contribution in [2.75, 3.05) is 13.7 Å². The third-order valence-electron chi connectivity index (χ3n) is 3.75. The molecule has 25 heavy (non-hydrogen) atoms. The molecule has 0 fully saturated rings. The number of rotatable bonds is 5. The van der Waals surface area contributed by atoms with Crippen molar-refractivity contribution in [3.63, 3.8) is 0 Å². The molecule has 6 nitrogen and oxygen atoms in total. The number of benzene rings is 1. The number of carbonyl (C=O) groups excluding carboxylic acids is 1. The molecule has 0 unspecified atom stereocenters. The zero-order valence-electron chi connectivity index (χ0n) is 14.3. The summed E-state index contributed by atoms with van der Waals surface area (Å²) in [6.45, 7) is 4.69. The Kier molecular flexibility index (Phi) is 5.10. The van der Waals surface area contributed by atoms with Gasteiger partial charge in [0.05, 0.1) is 16.8 Å². The number of amides is 1. The van der Waals surface area contributed by atoms with Gasteiger partial charge in [0.15, 0.2) is 4.80 Å². The Labute approximate surface area is 148 Å². The number of methoxy groups -OCH3 is 1. The molecule has 0 aliphatic rings. The fourth-order valence-electron chi connectivity index (χ4n) is 2.60. The predicted octanol–water partition coefficient (Wildman–Crippen LogP) is 3.01. The number of halogens is 1. The minimum Gasteiger partial charge on any atom is -0.383 e. The van der Waals surface area contributed by atoms with Crippen LogP contribution in [0.5, 0.6) is 0 Å². The van der Waals surface area contributed by atoms with Crippen LogP contribution in [0.3, 0.4) is 0 Å². The Balaban J connectivity index is 2.13. The highest BCUT2D eigenvalue weighted by molar-refractivity contribution is 7.16. The van der Waals surface area contributed by atoms with Gasteiger partial charge in [-0.15, -0.1) is 0 Å². The summed E-state index contributed by atoms with van der Waals surface area (Å²) >= 11 is 1.28. The number of thiazole rings is 1. The molecule has 2 heterocycles. The fourth-order valence-corrected chi connectivity index (χ4v) is 3.67. The lowest BCUT2D eigenvalue weighted by molar-refractivity contribution is 0.0985. The molecule has 0 N–H and O–H groups in total. The monoisotopic (exact) mass is 362 g/mol. The summed E-state index contributed by atoms with van der Waals surface area (Å²) in [6.07, 6.45) is 1.58. The van der Waals surface area contributed by atoms with Crippen molar-refractivity contribution >= 4 is 27.5 Å². The second-order valence-electron chi connectivity index (χ2n) is 5.79. The molecule has 0 saturated heterocycles. The summed E-state index contributed by atoms with van der Waals surface area (Å²) < 4.78 is 23.4. The molecule has 3 aromatic rings. The van der Waals surface area contributed by atoms with Crippen LogP contribution in [0.1, 0.15) is 30.4 Å². The zero-order chi connectivity index (χ0) is 18.0. The Hall–Kier alpha value is -2.32. The predicted molar refractivity (Wildman–Crippen MR) is 94.2 cm³/mol. The van der Waals surface area contributed by atoms with Crippen molar-refractivity contribution in [2.24, 2.45) is 4.99 Å². The van der Waals surface area contributed by atoms with Gasteiger partial charge >= 0.3 is 0 Å². The van der Waals surface area contributed by atoms with E-state index in [4.69, 9.17) is 4.74 Å². The minimum absolute atomic E-state index is 0.0459. The van der Waals surface area contributed by atoms with E-state index >= 15 is 0 Å². The van der Waals surface area contributed by atoms with E-state index < -0.39 is 5.91 Å². The van der Waals surface area contributed by atoms with Crippen LogP contribution in [0.25, 0.3) is 10.2 Å². The third-order valence-corrected chi connectivity index (χ3v) is 4.79. The first kappa shape index (κ1) is 17.5. The largest absolute Gasteiger partial charge is 0.383 e. The normalized spacial score (nSPS) is 12.4. The van der Waals surface area contributed by atoms with Crippen molar-refractivity contribution in [2.45, 2.75) is 26.4 Å². The van der Waals surface area contributed by atoms with Crippen LogP contribution in [0, 0.1) is 5.82 Å². The number of nitrogens with zero attached hydrogens (tertiary/aromatic N) is 4. The molecular weight excluding hydrogens is 343 g/mol. The van der Waals surface area contributed by atoms with Gasteiger partial charge in [0.25, 0.3) is 5.91 Å². The van der Waals surface area contributed by atoms with E-state index in [1.807, 2.05) is 19.9 Å².